The van der Waals surface area contributed by atoms with Gasteiger partial charge in [0.25, 0.3) is 5.56 Å². The number of benzene rings is 1. The molecule has 0 radical (unpaired) electrons. The number of allylic oxidation sites excluding steroid dienone is 1. The van der Waals surface area contributed by atoms with Crippen molar-refractivity contribution in [2.75, 3.05) is 13.7 Å². The Bertz CT molecular complexity index is 1660. The Hall–Kier alpha value is -4.19. The van der Waals surface area contributed by atoms with Gasteiger partial charge in [-0.15, -0.1) is 0 Å². The highest BCUT2D eigenvalue weighted by atomic mass is 19.4. The average molecular weight is 581 g/mol. The van der Waals surface area contributed by atoms with E-state index >= 15 is 0 Å². The standard InChI is InChI=1S/C30H31F3N6O3/c1-42-25-9-12-35-26-21(25)3-2-4-24(26)39(16-19-7-5-18(15-36-19)30(31,32)33)28(41)29(10-11-29)17-6-8-20-22(13-17)23(14-34)37-38-27(20)40/h5-9,13,15,24,35H,2-4,10-12,14,16,34H2,1H3,(H,38,40). The number of nitrogens with zero attached hydrogens (tertiary/aromatic N) is 3. The number of nitrogens with two attached hydrogens (primary N) is 1. The van der Waals surface area contributed by atoms with Crippen molar-refractivity contribution in [3.8, 4) is 0 Å². The first-order chi connectivity index (χ1) is 20.2. The fraction of sp³-hybridized carbons (Fsp3) is 0.400. The third kappa shape index (κ3) is 4.83. The van der Waals surface area contributed by atoms with Crippen LogP contribution in [0.1, 0.15) is 54.6 Å². The molecule has 9 nitrogen and oxygen atoms in total. The largest absolute Gasteiger partial charge is 0.497 e. The van der Waals surface area contributed by atoms with Gasteiger partial charge in [-0.25, -0.2) is 5.10 Å². The van der Waals surface area contributed by atoms with Gasteiger partial charge in [-0.2, -0.15) is 18.3 Å². The normalized spacial score (nSPS) is 19.5. The molecule has 3 aliphatic rings. The van der Waals surface area contributed by atoms with Crippen LogP contribution < -0.4 is 16.6 Å². The molecule has 42 heavy (non-hydrogen) atoms. The third-order valence-electron chi connectivity index (χ3n) is 8.55. The van der Waals surface area contributed by atoms with Gasteiger partial charge in [0.15, 0.2) is 0 Å². The molecule has 0 bridgehead atoms. The summed E-state index contributed by atoms with van der Waals surface area (Å²) in [5.41, 5.74) is 7.40. The van der Waals surface area contributed by atoms with Crippen molar-refractivity contribution in [2.45, 2.75) is 62.8 Å². The van der Waals surface area contributed by atoms with Crippen molar-refractivity contribution in [2.24, 2.45) is 5.73 Å². The monoisotopic (exact) mass is 580 g/mol. The van der Waals surface area contributed by atoms with Crippen LogP contribution in [0.5, 0.6) is 0 Å². The summed E-state index contributed by atoms with van der Waals surface area (Å²) < 4.78 is 45.3. The number of pyridine rings is 1. The lowest BCUT2D eigenvalue weighted by atomic mass is 9.86. The molecule has 220 valence electrons. The van der Waals surface area contributed by atoms with E-state index in [0.29, 0.717) is 48.0 Å². The molecule has 1 unspecified atom stereocenters. The number of H-pyrrole nitrogens is 1. The number of aromatic nitrogens is 3. The smallest absolute Gasteiger partial charge is 0.417 e. The van der Waals surface area contributed by atoms with E-state index < -0.39 is 17.2 Å². The molecule has 1 amide bonds. The minimum Gasteiger partial charge on any atom is -0.497 e. The fourth-order valence-electron chi connectivity index (χ4n) is 6.21. The molecule has 0 spiro atoms. The number of alkyl halides is 3. The summed E-state index contributed by atoms with van der Waals surface area (Å²) >= 11 is 0. The van der Waals surface area contributed by atoms with Crippen LogP contribution in [-0.4, -0.2) is 45.7 Å². The lowest BCUT2D eigenvalue weighted by molar-refractivity contribution is -0.138. The van der Waals surface area contributed by atoms with Gasteiger partial charge in [-0.05, 0) is 68.0 Å². The Morgan fingerprint density at radius 3 is 2.69 bits per heavy atom. The van der Waals surface area contributed by atoms with E-state index in [1.807, 2.05) is 12.1 Å². The maximum Gasteiger partial charge on any atom is 0.417 e. The molecule has 1 aliphatic heterocycles. The first-order valence-corrected chi connectivity index (χ1v) is 13.9. The molecule has 1 fully saturated rings. The first kappa shape index (κ1) is 28.0. The highest BCUT2D eigenvalue weighted by Gasteiger charge is 2.54. The van der Waals surface area contributed by atoms with E-state index in [0.717, 1.165) is 47.7 Å². The Morgan fingerprint density at radius 2 is 2.02 bits per heavy atom. The molecular weight excluding hydrogens is 549 g/mol. The van der Waals surface area contributed by atoms with Crippen molar-refractivity contribution < 1.29 is 22.7 Å². The zero-order valence-corrected chi connectivity index (χ0v) is 23.1. The summed E-state index contributed by atoms with van der Waals surface area (Å²) in [4.78, 5) is 32.9. The number of carbonyl (C=O) groups excluding carboxylic acids is 1. The number of carbonyl (C=O) groups is 1. The third-order valence-corrected chi connectivity index (χ3v) is 8.55. The van der Waals surface area contributed by atoms with E-state index in [9.17, 15) is 22.8 Å². The van der Waals surface area contributed by atoms with Gasteiger partial charge in [-0.1, -0.05) is 6.07 Å². The van der Waals surface area contributed by atoms with Crippen LogP contribution in [0.3, 0.4) is 0 Å². The number of methoxy groups -OCH3 is 1. The number of hydrogen-bond donors (Lipinski definition) is 3. The number of fused-ring (bicyclic) bond motifs is 1. The summed E-state index contributed by atoms with van der Waals surface area (Å²) in [6, 6.07) is 7.31. The van der Waals surface area contributed by atoms with E-state index in [1.54, 1.807) is 24.1 Å². The van der Waals surface area contributed by atoms with Gasteiger partial charge < -0.3 is 20.7 Å². The van der Waals surface area contributed by atoms with Gasteiger partial charge in [0, 0.05) is 35.9 Å². The molecule has 0 saturated heterocycles. The first-order valence-electron chi connectivity index (χ1n) is 13.9. The second kappa shape index (κ2) is 10.6. The maximum atomic E-state index is 14.7. The molecule has 1 atom stereocenters. The van der Waals surface area contributed by atoms with E-state index in [4.69, 9.17) is 10.5 Å². The van der Waals surface area contributed by atoms with Gasteiger partial charge in [0.1, 0.15) is 5.76 Å². The number of hydrogen-bond acceptors (Lipinski definition) is 7. The van der Waals surface area contributed by atoms with Crippen LogP contribution >= 0.6 is 0 Å². The van der Waals surface area contributed by atoms with Crippen LogP contribution in [-0.2, 0) is 34.2 Å². The van der Waals surface area contributed by atoms with Crippen LogP contribution in [0.15, 0.2) is 64.4 Å². The number of halogens is 3. The molecule has 2 aliphatic carbocycles. The zero-order chi connectivity index (χ0) is 29.6. The van der Waals surface area contributed by atoms with E-state index in [1.165, 1.54) is 6.07 Å². The topological polar surface area (TPSA) is 126 Å². The number of ether oxygens (including phenoxy) is 1. The van der Waals surface area contributed by atoms with Crippen LogP contribution in [0.4, 0.5) is 13.2 Å². The second-order valence-corrected chi connectivity index (χ2v) is 11.0. The Balaban J connectivity index is 1.42. The van der Waals surface area contributed by atoms with Crippen molar-refractivity contribution in [3.05, 3.63) is 92.5 Å². The van der Waals surface area contributed by atoms with Gasteiger partial charge in [-0.3, -0.25) is 14.6 Å². The Morgan fingerprint density at radius 1 is 1.21 bits per heavy atom. The fourth-order valence-corrected chi connectivity index (χ4v) is 6.21. The van der Waals surface area contributed by atoms with Gasteiger partial charge >= 0.3 is 6.18 Å². The maximum absolute atomic E-state index is 14.7. The summed E-state index contributed by atoms with van der Waals surface area (Å²) in [5.74, 6) is 0.640. The quantitative estimate of drug-likeness (QED) is 0.388. The van der Waals surface area contributed by atoms with Crippen molar-refractivity contribution in [3.63, 3.8) is 0 Å². The van der Waals surface area contributed by atoms with E-state index in [-0.39, 0.29) is 30.6 Å². The lowest BCUT2D eigenvalue weighted by Crippen LogP contribution is -2.50. The van der Waals surface area contributed by atoms with Gasteiger partial charge in [0.2, 0.25) is 5.91 Å². The number of aromatic amines is 1. The van der Waals surface area contributed by atoms with Crippen molar-refractivity contribution in [1.29, 1.82) is 0 Å². The summed E-state index contributed by atoms with van der Waals surface area (Å²) in [7, 11) is 1.62. The number of rotatable bonds is 7. The summed E-state index contributed by atoms with van der Waals surface area (Å²) in [6.45, 7) is 0.693. The molecule has 12 heteroatoms. The van der Waals surface area contributed by atoms with Crippen molar-refractivity contribution >= 4 is 16.7 Å². The second-order valence-electron chi connectivity index (χ2n) is 11.0. The molecular formula is C30H31F3N6O3. The zero-order valence-electron chi connectivity index (χ0n) is 23.1. The van der Waals surface area contributed by atoms with Crippen LogP contribution in [0.25, 0.3) is 10.8 Å². The summed E-state index contributed by atoms with van der Waals surface area (Å²) in [5, 5.41) is 11.0. The summed E-state index contributed by atoms with van der Waals surface area (Å²) in [6.07, 6.45) is 1.74. The highest BCUT2D eigenvalue weighted by Crippen LogP contribution is 2.51. The number of dihydropyridines is 1. The van der Waals surface area contributed by atoms with Crippen LogP contribution in [0.2, 0.25) is 0 Å². The molecule has 6 rings (SSSR count). The minimum atomic E-state index is -4.51. The molecule has 3 heterocycles. The Labute approximate surface area is 239 Å². The van der Waals surface area contributed by atoms with Crippen molar-refractivity contribution in [1.82, 2.24) is 25.4 Å². The predicted molar refractivity (Wildman–Crippen MR) is 149 cm³/mol. The number of amides is 1. The predicted octanol–water partition coefficient (Wildman–Crippen LogP) is 3.80. The van der Waals surface area contributed by atoms with Gasteiger partial charge in [0.05, 0.1) is 47.4 Å². The molecule has 4 N–H and O–H groups in total. The lowest BCUT2D eigenvalue weighted by Gasteiger charge is -2.41. The SMILES string of the molecule is COC1=CCNC2=C1CCCC2N(Cc1ccc(C(F)(F)F)cn1)C(=O)C1(c2ccc3c(=O)[nH]nc(CN)c3c2)CC1. The molecule has 1 saturated carbocycles. The Kier molecular flexibility index (Phi) is 7.04. The molecule has 1 aromatic carbocycles. The van der Waals surface area contributed by atoms with Crippen LogP contribution in [0, 0.1) is 0 Å². The van der Waals surface area contributed by atoms with E-state index in [2.05, 4.69) is 20.5 Å². The average Bonchev–Trinajstić information content (AvgIpc) is 3.81. The minimum absolute atomic E-state index is 0.0384. The molecule has 3 aromatic rings. The number of nitrogens with one attached hydrogen (secondary N) is 2. The molecule has 2 aromatic heterocycles. The highest BCUT2D eigenvalue weighted by molar-refractivity contribution is 5.94.